The lowest BCUT2D eigenvalue weighted by atomic mass is 9.96. The van der Waals surface area contributed by atoms with Crippen molar-refractivity contribution in [2.45, 2.75) is 43.8 Å². The fourth-order valence-corrected chi connectivity index (χ4v) is 3.96. The molecule has 1 saturated heterocycles. The number of methoxy groups -OCH3 is 1. The first-order chi connectivity index (χ1) is 12.4. The summed E-state index contributed by atoms with van der Waals surface area (Å²) in [5.74, 6) is 1.32. The van der Waals surface area contributed by atoms with Gasteiger partial charge in [-0.2, -0.15) is 0 Å². The monoisotopic (exact) mass is 378 g/mol. The van der Waals surface area contributed by atoms with Crippen LogP contribution in [-0.2, 0) is 9.59 Å². The van der Waals surface area contributed by atoms with Crippen LogP contribution in [-0.4, -0.2) is 48.7 Å². The molecule has 2 unspecified atom stereocenters. The van der Waals surface area contributed by atoms with Gasteiger partial charge in [0.15, 0.2) is 0 Å². The van der Waals surface area contributed by atoms with Crippen LogP contribution >= 0.6 is 11.8 Å². The van der Waals surface area contributed by atoms with Gasteiger partial charge in [0, 0.05) is 24.5 Å². The van der Waals surface area contributed by atoms with Crippen molar-refractivity contribution in [3.05, 3.63) is 24.3 Å². The Morgan fingerprint density at radius 1 is 1.27 bits per heavy atom. The SMILES string of the molecule is COc1ccc(SC(C)C(=O)N2CCCC(C(=O)NCC(C)C)C2)cc1. The molecule has 1 aromatic carbocycles. The van der Waals surface area contributed by atoms with Gasteiger partial charge in [-0.05, 0) is 49.9 Å². The third-order valence-corrected chi connectivity index (χ3v) is 5.61. The van der Waals surface area contributed by atoms with Crippen molar-refractivity contribution >= 4 is 23.6 Å². The van der Waals surface area contributed by atoms with Crippen molar-refractivity contribution in [3.63, 3.8) is 0 Å². The fourth-order valence-electron chi connectivity index (χ4n) is 3.01. The van der Waals surface area contributed by atoms with E-state index in [1.807, 2.05) is 36.1 Å². The summed E-state index contributed by atoms with van der Waals surface area (Å²) in [6.45, 7) is 8.04. The summed E-state index contributed by atoms with van der Waals surface area (Å²) >= 11 is 1.54. The van der Waals surface area contributed by atoms with E-state index in [4.69, 9.17) is 4.74 Å². The first-order valence-electron chi connectivity index (χ1n) is 9.28. The average molecular weight is 379 g/mol. The third kappa shape index (κ3) is 5.94. The molecule has 2 rings (SSSR count). The van der Waals surface area contributed by atoms with Gasteiger partial charge >= 0.3 is 0 Å². The minimum absolute atomic E-state index is 0.0756. The van der Waals surface area contributed by atoms with Crippen LogP contribution in [0.1, 0.15) is 33.6 Å². The molecule has 1 aliphatic rings. The summed E-state index contributed by atoms with van der Waals surface area (Å²) in [5, 5.41) is 2.82. The minimum atomic E-state index is -0.180. The summed E-state index contributed by atoms with van der Waals surface area (Å²) in [6.07, 6.45) is 1.74. The fraction of sp³-hybridized carbons (Fsp3) is 0.600. The maximum Gasteiger partial charge on any atom is 0.235 e. The number of thioether (sulfide) groups is 1. The standard InChI is InChI=1S/C20H30N2O3S/c1-14(2)12-21-19(23)16-6-5-11-22(13-16)20(24)15(3)26-18-9-7-17(25-4)8-10-18/h7-10,14-16H,5-6,11-13H2,1-4H3,(H,21,23). The zero-order valence-corrected chi connectivity index (χ0v) is 17.0. The molecular weight excluding hydrogens is 348 g/mol. The van der Waals surface area contributed by atoms with Crippen molar-refractivity contribution in [3.8, 4) is 5.75 Å². The smallest absolute Gasteiger partial charge is 0.235 e. The van der Waals surface area contributed by atoms with Crippen molar-refractivity contribution in [1.82, 2.24) is 10.2 Å². The van der Waals surface area contributed by atoms with E-state index in [0.29, 0.717) is 19.0 Å². The van der Waals surface area contributed by atoms with Crippen LogP contribution in [0.15, 0.2) is 29.2 Å². The van der Waals surface area contributed by atoms with Gasteiger partial charge in [0.05, 0.1) is 18.3 Å². The van der Waals surface area contributed by atoms with Crippen molar-refractivity contribution < 1.29 is 14.3 Å². The molecule has 0 radical (unpaired) electrons. The zero-order valence-electron chi connectivity index (χ0n) is 16.2. The van der Waals surface area contributed by atoms with E-state index in [9.17, 15) is 9.59 Å². The minimum Gasteiger partial charge on any atom is -0.497 e. The number of likely N-dealkylation sites (tertiary alicyclic amines) is 1. The second-order valence-corrected chi connectivity index (χ2v) is 8.61. The Balaban J connectivity index is 1.89. The van der Waals surface area contributed by atoms with Crippen LogP contribution in [0.5, 0.6) is 5.75 Å². The molecule has 0 spiro atoms. The molecular formula is C20H30N2O3S. The van der Waals surface area contributed by atoms with E-state index in [1.54, 1.807) is 18.9 Å². The molecule has 0 aliphatic carbocycles. The number of piperidine rings is 1. The molecule has 0 saturated carbocycles. The highest BCUT2D eigenvalue weighted by molar-refractivity contribution is 8.00. The molecule has 0 bridgehead atoms. The molecule has 1 N–H and O–H groups in total. The number of hydrogen-bond donors (Lipinski definition) is 1. The quantitative estimate of drug-likeness (QED) is 0.741. The molecule has 144 valence electrons. The van der Waals surface area contributed by atoms with Gasteiger partial charge in [-0.15, -0.1) is 11.8 Å². The van der Waals surface area contributed by atoms with E-state index in [2.05, 4.69) is 19.2 Å². The predicted molar refractivity (Wildman–Crippen MR) is 105 cm³/mol. The molecule has 2 atom stereocenters. The molecule has 0 aromatic heterocycles. The van der Waals surface area contributed by atoms with Gasteiger partial charge in [-0.25, -0.2) is 0 Å². The van der Waals surface area contributed by atoms with E-state index in [-0.39, 0.29) is 23.0 Å². The molecule has 1 aliphatic heterocycles. The lowest BCUT2D eigenvalue weighted by molar-refractivity contribution is -0.135. The summed E-state index contributed by atoms with van der Waals surface area (Å²) in [5.41, 5.74) is 0. The third-order valence-electron chi connectivity index (χ3n) is 4.51. The number of amides is 2. The maximum atomic E-state index is 12.8. The van der Waals surface area contributed by atoms with E-state index in [0.717, 1.165) is 30.0 Å². The highest BCUT2D eigenvalue weighted by atomic mass is 32.2. The van der Waals surface area contributed by atoms with Crippen LogP contribution in [0, 0.1) is 11.8 Å². The second-order valence-electron chi connectivity index (χ2n) is 7.20. The van der Waals surface area contributed by atoms with Gasteiger partial charge < -0.3 is 15.0 Å². The largest absolute Gasteiger partial charge is 0.497 e. The van der Waals surface area contributed by atoms with Crippen molar-refractivity contribution in [1.29, 1.82) is 0 Å². The Kier molecular flexibility index (Phi) is 7.82. The molecule has 1 aromatic rings. The van der Waals surface area contributed by atoms with Gasteiger partial charge in [0.25, 0.3) is 0 Å². The highest BCUT2D eigenvalue weighted by Crippen LogP contribution is 2.28. The number of ether oxygens (including phenoxy) is 1. The number of nitrogens with zero attached hydrogens (tertiary/aromatic N) is 1. The van der Waals surface area contributed by atoms with Crippen LogP contribution in [0.25, 0.3) is 0 Å². The Labute approximate surface area is 160 Å². The van der Waals surface area contributed by atoms with Gasteiger partial charge in [0.2, 0.25) is 11.8 Å². The topological polar surface area (TPSA) is 58.6 Å². The highest BCUT2D eigenvalue weighted by Gasteiger charge is 2.30. The lowest BCUT2D eigenvalue weighted by Gasteiger charge is -2.33. The second kappa shape index (κ2) is 9.86. The first-order valence-corrected chi connectivity index (χ1v) is 10.2. The summed E-state index contributed by atoms with van der Waals surface area (Å²) < 4.78 is 5.16. The van der Waals surface area contributed by atoms with Gasteiger partial charge in [0.1, 0.15) is 5.75 Å². The average Bonchev–Trinajstić information content (AvgIpc) is 2.66. The van der Waals surface area contributed by atoms with Crippen LogP contribution < -0.4 is 10.1 Å². The number of carbonyl (C=O) groups is 2. The summed E-state index contributed by atoms with van der Waals surface area (Å²) in [7, 11) is 1.64. The Morgan fingerprint density at radius 3 is 2.58 bits per heavy atom. The van der Waals surface area contributed by atoms with E-state index >= 15 is 0 Å². The number of carbonyl (C=O) groups excluding carboxylic acids is 2. The molecule has 6 heteroatoms. The Hall–Kier alpha value is -1.69. The summed E-state index contributed by atoms with van der Waals surface area (Å²) in [4.78, 5) is 28.0. The van der Waals surface area contributed by atoms with Crippen LogP contribution in [0.3, 0.4) is 0 Å². The van der Waals surface area contributed by atoms with Gasteiger partial charge in [-0.3, -0.25) is 9.59 Å². The zero-order chi connectivity index (χ0) is 19.1. The van der Waals surface area contributed by atoms with E-state index in [1.165, 1.54) is 0 Å². The van der Waals surface area contributed by atoms with Crippen molar-refractivity contribution in [2.75, 3.05) is 26.7 Å². The molecule has 2 amide bonds. The van der Waals surface area contributed by atoms with Crippen molar-refractivity contribution in [2.24, 2.45) is 11.8 Å². The lowest BCUT2D eigenvalue weighted by Crippen LogP contribution is -2.47. The van der Waals surface area contributed by atoms with E-state index < -0.39 is 0 Å². The predicted octanol–water partition coefficient (Wildman–Crippen LogP) is 3.19. The normalized spacial score (nSPS) is 18.5. The Bertz CT molecular complexity index is 604. The number of benzene rings is 1. The number of nitrogens with one attached hydrogen (secondary N) is 1. The van der Waals surface area contributed by atoms with Crippen LogP contribution in [0.4, 0.5) is 0 Å². The molecule has 1 fully saturated rings. The molecule has 26 heavy (non-hydrogen) atoms. The number of hydrogen-bond acceptors (Lipinski definition) is 4. The number of rotatable bonds is 7. The van der Waals surface area contributed by atoms with Gasteiger partial charge in [-0.1, -0.05) is 13.8 Å². The first kappa shape index (κ1) is 20.6. The molecule has 1 heterocycles. The summed E-state index contributed by atoms with van der Waals surface area (Å²) in [6, 6.07) is 7.72. The Morgan fingerprint density at radius 2 is 1.96 bits per heavy atom. The molecule has 5 nitrogen and oxygen atoms in total. The van der Waals surface area contributed by atoms with Crippen LogP contribution in [0.2, 0.25) is 0 Å². The maximum absolute atomic E-state index is 12.8.